The first-order valence-corrected chi connectivity index (χ1v) is 12.2. The summed E-state index contributed by atoms with van der Waals surface area (Å²) >= 11 is 0. The van der Waals surface area contributed by atoms with E-state index in [4.69, 9.17) is 4.74 Å². The van der Waals surface area contributed by atoms with Gasteiger partial charge >= 0.3 is 6.09 Å². The van der Waals surface area contributed by atoms with Crippen LogP contribution in [0.2, 0.25) is 0 Å². The van der Waals surface area contributed by atoms with Gasteiger partial charge in [-0.15, -0.1) is 0 Å². The molecule has 0 spiro atoms. The molecule has 3 atom stereocenters. The Hall–Kier alpha value is -2.79. The first kappa shape index (κ1) is 22.0. The fourth-order valence-electron chi connectivity index (χ4n) is 5.98. The van der Waals surface area contributed by atoms with Crippen molar-refractivity contribution in [1.82, 2.24) is 9.80 Å². The third kappa shape index (κ3) is 4.39. The summed E-state index contributed by atoms with van der Waals surface area (Å²) in [5.41, 5.74) is 6.27. The molecule has 0 saturated carbocycles. The second kappa shape index (κ2) is 9.22. The lowest BCUT2D eigenvalue weighted by Gasteiger charge is -2.38. The molecule has 0 aromatic heterocycles. The van der Waals surface area contributed by atoms with Crippen LogP contribution in [0.4, 0.5) is 10.5 Å². The van der Waals surface area contributed by atoms with Gasteiger partial charge < -0.3 is 14.5 Å². The molecule has 0 radical (unpaired) electrons. The molecule has 33 heavy (non-hydrogen) atoms. The molecule has 3 aliphatic rings. The van der Waals surface area contributed by atoms with Crippen LogP contribution in [0, 0.1) is 5.92 Å². The Labute approximate surface area is 197 Å². The summed E-state index contributed by atoms with van der Waals surface area (Å²) in [6.45, 7) is 14.7. The average molecular weight is 446 g/mol. The molecular formula is C28H35N3O2. The van der Waals surface area contributed by atoms with E-state index in [1.54, 1.807) is 0 Å². The number of hydrogen-bond donors (Lipinski definition) is 0. The number of amides is 1. The number of carbonyl (C=O) groups is 1. The fourth-order valence-corrected chi connectivity index (χ4v) is 5.98. The molecule has 2 aromatic carbocycles. The number of piperidine rings is 1. The van der Waals surface area contributed by atoms with Gasteiger partial charge in [-0.1, -0.05) is 55.5 Å². The number of carbonyl (C=O) groups excluding carboxylic acids is 1. The lowest BCUT2D eigenvalue weighted by Crippen LogP contribution is -2.46. The first-order valence-electron chi connectivity index (χ1n) is 12.2. The minimum absolute atomic E-state index is 0.103. The van der Waals surface area contributed by atoms with Crippen LogP contribution in [0.5, 0.6) is 0 Å². The Kier molecular flexibility index (Phi) is 6.15. The number of hydrogen-bond acceptors (Lipinski definition) is 4. The quantitative estimate of drug-likeness (QED) is 0.593. The monoisotopic (exact) mass is 445 g/mol. The van der Waals surface area contributed by atoms with Gasteiger partial charge in [-0.3, -0.25) is 4.90 Å². The van der Waals surface area contributed by atoms with Crippen LogP contribution in [-0.4, -0.2) is 55.2 Å². The number of fused-ring (bicyclic) bond motifs is 5. The molecule has 5 rings (SSSR count). The SMILES string of the molecule is C=C(C)CN1CCN(c2ccc3c(c2)[C@H]2[C@@H](C)C3CCN2C(=O)OCc2ccccc2)CC1. The van der Waals surface area contributed by atoms with Gasteiger partial charge in [0.05, 0.1) is 6.04 Å². The topological polar surface area (TPSA) is 36.0 Å². The van der Waals surface area contributed by atoms with Gasteiger partial charge in [-0.05, 0) is 54.0 Å². The van der Waals surface area contributed by atoms with Gasteiger partial charge in [0.2, 0.25) is 0 Å². The largest absolute Gasteiger partial charge is 0.445 e. The highest BCUT2D eigenvalue weighted by atomic mass is 16.6. The van der Waals surface area contributed by atoms with E-state index >= 15 is 0 Å². The van der Waals surface area contributed by atoms with E-state index in [9.17, 15) is 4.79 Å². The zero-order valence-corrected chi connectivity index (χ0v) is 19.9. The molecule has 5 heteroatoms. The lowest BCUT2D eigenvalue weighted by molar-refractivity contribution is 0.0531. The maximum absolute atomic E-state index is 13.1. The number of ether oxygens (including phenoxy) is 1. The summed E-state index contributed by atoms with van der Waals surface area (Å²) in [7, 11) is 0. The van der Waals surface area contributed by atoms with E-state index in [-0.39, 0.29) is 12.1 Å². The summed E-state index contributed by atoms with van der Waals surface area (Å²) < 4.78 is 5.74. The van der Waals surface area contributed by atoms with Crippen LogP contribution >= 0.6 is 0 Å². The summed E-state index contributed by atoms with van der Waals surface area (Å²) in [6.07, 6.45) is 0.810. The number of anilines is 1. The van der Waals surface area contributed by atoms with Gasteiger partial charge in [0.15, 0.2) is 0 Å². The Balaban J connectivity index is 1.31. The fraction of sp³-hybridized carbons (Fsp3) is 0.464. The minimum Gasteiger partial charge on any atom is -0.445 e. The standard InChI is InChI=1S/C28H35N3O2/c1-20(2)18-29-13-15-30(16-14-29)23-9-10-25-24-11-12-31(27(21(24)3)26(25)17-23)28(32)33-19-22-7-5-4-6-8-22/h4-10,17,21,24,27H,1,11-16,18-19H2,2-3H3/t21-,24?,27+/m0/s1. The first-order chi connectivity index (χ1) is 16.0. The maximum atomic E-state index is 13.1. The summed E-state index contributed by atoms with van der Waals surface area (Å²) in [4.78, 5) is 20.0. The molecule has 1 amide bonds. The smallest absolute Gasteiger partial charge is 0.410 e. The van der Waals surface area contributed by atoms with Crippen molar-refractivity contribution in [2.24, 2.45) is 5.92 Å². The zero-order valence-electron chi connectivity index (χ0n) is 19.9. The highest BCUT2D eigenvalue weighted by Gasteiger charge is 2.47. The molecule has 2 fully saturated rings. The van der Waals surface area contributed by atoms with E-state index in [1.165, 1.54) is 22.4 Å². The highest BCUT2D eigenvalue weighted by molar-refractivity contribution is 5.70. The van der Waals surface area contributed by atoms with Crippen molar-refractivity contribution in [2.45, 2.75) is 38.8 Å². The molecule has 2 aliphatic heterocycles. The van der Waals surface area contributed by atoms with E-state index in [2.05, 4.69) is 48.4 Å². The molecular weight excluding hydrogens is 410 g/mol. The van der Waals surface area contributed by atoms with Crippen LogP contribution in [0.3, 0.4) is 0 Å². The highest BCUT2D eigenvalue weighted by Crippen LogP contribution is 2.53. The van der Waals surface area contributed by atoms with Crippen LogP contribution in [-0.2, 0) is 11.3 Å². The molecule has 5 nitrogen and oxygen atoms in total. The third-order valence-corrected chi connectivity index (χ3v) is 7.61. The van der Waals surface area contributed by atoms with Crippen molar-refractivity contribution in [3.63, 3.8) is 0 Å². The number of likely N-dealkylation sites (tertiary alicyclic amines) is 1. The van der Waals surface area contributed by atoms with E-state index in [0.29, 0.717) is 18.4 Å². The molecule has 2 aromatic rings. The Morgan fingerprint density at radius 2 is 1.79 bits per heavy atom. The van der Waals surface area contributed by atoms with Gasteiger partial charge in [0, 0.05) is 45.0 Å². The van der Waals surface area contributed by atoms with Crippen molar-refractivity contribution in [1.29, 1.82) is 0 Å². The van der Waals surface area contributed by atoms with Crippen molar-refractivity contribution < 1.29 is 9.53 Å². The van der Waals surface area contributed by atoms with Gasteiger partial charge in [-0.25, -0.2) is 4.79 Å². The predicted octanol–water partition coefficient (Wildman–Crippen LogP) is 5.20. The average Bonchev–Trinajstić information content (AvgIpc) is 2.98. The Morgan fingerprint density at radius 1 is 1.03 bits per heavy atom. The lowest BCUT2D eigenvalue weighted by atomic mass is 9.86. The molecule has 1 unspecified atom stereocenters. The van der Waals surface area contributed by atoms with Crippen molar-refractivity contribution in [2.75, 3.05) is 44.2 Å². The zero-order chi connectivity index (χ0) is 22.9. The second-order valence-electron chi connectivity index (χ2n) is 9.97. The predicted molar refractivity (Wildman–Crippen MR) is 133 cm³/mol. The van der Waals surface area contributed by atoms with Crippen LogP contribution in [0.25, 0.3) is 0 Å². The number of piperazine rings is 1. The van der Waals surface area contributed by atoms with Crippen LogP contribution in [0.15, 0.2) is 60.7 Å². The normalized spacial score (nSPS) is 24.5. The molecule has 0 N–H and O–H groups in total. The maximum Gasteiger partial charge on any atom is 0.410 e. The van der Waals surface area contributed by atoms with Gasteiger partial charge in [-0.2, -0.15) is 0 Å². The summed E-state index contributed by atoms with van der Waals surface area (Å²) in [5.74, 6) is 0.949. The third-order valence-electron chi connectivity index (χ3n) is 7.61. The van der Waals surface area contributed by atoms with E-state index in [1.807, 2.05) is 35.2 Å². The summed E-state index contributed by atoms with van der Waals surface area (Å²) in [5, 5.41) is 0. The molecule has 2 heterocycles. The van der Waals surface area contributed by atoms with E-state index in [0.717, 1.165) is 51.3 Å². The van der Waals surface area contributed by atoms with Crippen LogP contribution < -0.4 is 4.90 Å². The molecule has 2 bridgehead atoms. The van der Waals surface area contributed by atoms with E-state index < -0.39 is 0 Å². The van der Waals surface area contributed by atoms with Crippen LogP contribution in [0.1, 0.15) is 48.9 Å². The Bertz CT molecular complexity index is 1010. The van der Waals surface area contributed by atoms with Gasteiger partial charge in [0.25, 0.3) is 0 Å². The number of nitrogens with zero attached hydrogens (tertiary/aromatic N) is 3. The van der Waals surface area contributed by atoms with Crippen molar-refractivity contribution in [3.8, 4) is 0 Å². The second-order valence-corrected chi connectivity index (χ2v) is 9.97. The van der Waals surface area contributed by atoms with Gasteiger partial charge in [0.1, 0.15) is 6.61 Å². The minimum atomic E-state index is -0.194. The summed E-state index contributed by atoms with van der Waals surface area (Å²) in [6, 6.07) is 17.0. The molecule has 1 aliphatic carbocycles. The van der Waals surface area contributed by atoms with Crippen molar-refractivity contribution in [3.05, 3.63) is 77.4 Å². The Morgan fingerprint density at radius 3 is 2.52 bits per heavy atom. The number of benzene rings is 2. The molecule has 2 saturated heterocycles. The van der Waals surface area contributed by atoms with Crippen molar-refractivity contribution >= 4 is 11.8 Å². The molecule has 174 valence electrons. The number of rotatable bonds is 5.